The first-order valence-electron chi connectivity index (χ1n) is 8.79. The van der Waals surface area contributed by atoms with Gasteiger partial charge in [0.05, 0.1) is 20.3 Å². The highest BCUT2D eigenvalue weighted by Crippen LogP contribution is 2.29. The molecule has 2 aromatic rings. The van der Waals surface area contributed by atoms with Crippen molar-refractivity contribution in [3.8, 4) is 11.5 Å². The van der Waals surface area contributed by atoms with Crippen LogP contribution in [0.3, 0.4) is 0 Å². The van der Waals surface area contributed by atoms with Crippen molar-refractivity contribution in [3.05, 3.63) is 53.6 Å². The highest BCUT2D eigenvalue weighted by Gasteiger charge is 2.18. The minimum absolute atomic E-state index is 0.369. The molecule has 0 saturated carbocycles. The predicted octanol–water partition coefficient (Wildman–Crippen LogP) is 3.64. The van der Waals surface area contributed by atoms with Crippen molar-refractivity contribution in [2.45, 2.75) is 32.7 Å². The van der Waals surface area contributed by atoms with Gasteiger partial charge in [0.15, 0.2) is 11.5 Å². The smallest absolute Gasteiger partial charge is 0.313 e. The molecule has 0 heterocycles. The lowest BCUT2D eigenvalue weighted by Crippen LogP contribution is -2.36. The largest absolute Gasteiger partial charge is 0.493 e. The molecule has 6 nitrogen and oxygen atoms in total. The highest BCUT2D eigenvalue weighted by molar-refractivity contribution is 6.39. The molecule has 0 saturated heterocycles. The average molecular weight is 370 g/mol. The van der Waals surface area contributed by atoms with Gasteiger partial charge in [-0.1, -0.05) is 32.0 Å². The second-order valence-electron chi connectivity index (χ2n) is 6.54. The minimum Gasteiger partial charge on any atom is -0.493 e. The molecule has 6 heteroatoms. The second kappa shape index (κ2) is 9.07. The van der Waals surface area contributed by atoms with Crippen LogP contribution in [0, 0.1) is 0 Å². The lowest BCUT2D eigenvalue weighted by Gasteiger charge is -2.16. The van der Waals surface area contributed by atoms with Crippen LogP contribution < -0.4 is 20.1 Å². The fraction of sp³-hybridized carbons (Fsp3) is 0.333. The van der Waals surface area contributed by atoms with Crippen LogP contribution in [0.1, 0.15) is 43.9 Å². The molecule has 0 fully saturated rings. The number of hydrogen-bond acceptors (Lipinski definition) is 4. The Morgan fingerprint density at radius 3 is 1.96 bits per heavy atom. The van der Waals surface area contributed by atoms with E-state index in [1.807, 2.05) is 18.2 Å². The first-order valence-corrected chi connectivity index (χ1v) is 8.79. The van der Waals surface area contributed by atoms with Crippen molar-refractivity contribution in [2.75, 3.05) is 19.5 Å². The second-order valence-corrected chi connectivity index (χ2v) is 6.54. The van der Waals surface area contributed by atoms with E-state index in [2.05, 4.69) is 24.5 Å². The molecule has 0 bridgehead atoms. The maximum absolute atomic E-state index is 12.2. The van der Waals surface area contributed by atoms with E-state index < -0.39 is 11.8 Å². The number of amides is 2. The summed E-state index contributed by atoms with van der Waals surface area (Å²) in [5.41, 5.74) is 2.55. The van der Waals surface area contributed by atoms with Gasteiger partial charge >= 0.3 is 11.8 Å². The highest BCUT2D eigenvalue weighted by atomic mass is 16.5. The first kappa shape index (κ1) is 20.3. The molecular formula is C21H26N2O4. The van der Waals surface area contributed by atoms with Crippen LogP contribution in [-0.4, -0.2) is 26.0 Å². The van der Waals surface area contributed by atoms with Crippen molar-refractivity contribution < 1.29 is 19.1 Å². The standard InChI is InChI=1S/C21H26N2O4/c1-13(2)15-6-9-17(10-7-15)23-21(25)20(24)22-14(3)16-8-11-18(26-4)19(12-16)27-5/h6-14H,1-5H3,(H,22,24)(H,23,25). The molecule has 0 spiro atoms. The summed E-state index contributed by atoms with van der Waals surface area (Å²) in [6.45, 7) is 5.98. The average Bonchev–Trinajstić information content (AvgIpc) is 2.67. The number of rotatable bonds is 6. The summed E-state index contributed by atoms with van der Waals surface area (Å²) in [5, 5.41) is 5.30. The molecule has 0 aliphatic heterocycles. The van der Waals surface area contributed by atoms with Gasteiger partial charge < -0.3 is 20.1 Å². The number of carbonyl (C=O) groups is 2. The zero-order valence-corrected chi connectivity index (χ0v) is 16.3. The van der Waals surface area contributed by atoms with Crippen LogP contribution in [0.15, 0.2) is 42.5 Å². The fourth-order valence-electron chi connectivity index (χ4n) is 2.61. The summed E-state index contributed by atoms with van der Waals surface area (Å²) in [6.07, 6.45) is 0. The van der Waals surface area contributed by atoms with E-state index in [4.69, 9.17) is 9.47 Å². The molecule has 2 amide bonds. The Kier molecular flexibility index (Phi) is 6.82. The van der Waals surface area contributed by atoms with Crippen LogP contribution >= 0.6 is 0 Å². The SMILES string of the molecule is COc1ccc(C(C)NC(=O)C(=O)Nc2ccc(C(C)C)cc2)cc1OC. The van der Waals surface area contributed by atoms with Gasteiger partial charge in [0, 0.05) is 5.69 Å². The van der Waals surface area contributed by atoms with E-state index in [0.717, 1.165) is 5.56 Å². The Balaban J connectivity index is 2.00. The number of ether oxygens (including phenoxy) is 2. The van der Waals surface area contributed by atoms with E-state index >= 15 is 0 Å². The Labute approximate surface area is 159 Å². The van der Waals surface area contributed by atoms with Crippen molar-refractivity contribution in [2.24, 2.45) is 0 Å². The fourth-order valence-corrected chi connectivity index (χ4v) is 2.61. The maximum Gasteiger partial charge on any atom is 0.313 e. The number of carbonyl (C=O) groups excluding carboxylic acids is 2. The molecule has 1 unspecified atom stereocenters. The number of benzene rings is 2. The molecule has 2 N–H and O–H groups in total. The van der Waals surface area contributed by atoms with E-state index in [1.165, 1.54) is 5.56 Å². The van der Waals surface area contributed by atoms with Gasteiger partial charge in [-0.25, -0.2) is 0 Å². The molecule has 144 valence electrons. The van der Waals surface area contributed by atoms with E-state index in [1.54, 1.807) is 45.4 Å². The van der Waals surface area contributed by atoms with Gasteiger partial charge in [-0.3, -0.25) is 9.59 Å². The monoisotopic (exact) mass is 370 g/mol. The molecular weight excluding hydrogens is 344 g/mol. The molecule has 27 heavy (non-hydrogen) atoms. The summed E-state index contributed by atoms with van der Waals surface area (Å²) in [4.78, 5) is 24.4. The van der Waals surface area contributed by atoms with Gasteiger partial charge in [-0.2, -0.15) is 0 Å². The molecule has 0 radical (unpaired) electrons. The quantitative estimate of drug-likeness (QED) is 0.761. The van der Waals surface area contributed by atoms with Crippen LogP contribution in [-0.2, 0) is 9.59 Å². The Morgan fingerprint density at radius 2 is 1.41 bits per heavy atom. The van der Waals surface area contributed by atoms with Gasteiger partial charge in [0.2, 0.25) is 0 Å². The van der Waals surface area contributed by atoms with E-state index in [0.29, 0.717) is 23.1 Å². The number of methoxy groups -OCH3 is 2. The summed E-state index contributed by atoms with van der Waals surface area (Å²) >= 11 is 0. The van der Waals surface area contributed by atoms with Gasteiger partial charge in [-0.15, -0.1) is 0 Å². The minimum atomic E-state index is -0.709. The van der Waals surface area contributed by atoms with Crippen molar-refractivity contribution in [1.29, 1.82) is 0 Å². The first-order chi connectivity index (χ1) is 12.8. The third kappa shape index (κ3) is 5.23. The lowest BCUT2D eigenvalue weighted by atomic mass is 10.0. The molecule has 0 aromatic heterocycles. The predicted molar refractivity (Wildman–Crippen MR) is 105 cm³/mol. The van der Waals surface area contributed by atoms with Crippen molar-refractivity contribution in [1.82, 2.24) is 5.32 Å². The van der Waals surface area contributed by atoms with E-state index in [-0.39, 0.29) is 6.04 Å². The van der Waals surface area contributed by atoms with Crippen molar-refractivity contribution in [3.63, 3.8) is 0 Å². The Morgan fingerprint density at radius 1 is 0.815 bits per heavy atom. The van der Waals surface area contributed by atoms with Crippen LogP contribution in [0.2, 0.25) is 0 Å². The van der Waals surface area contributed by atoms with Gasteiger partial charge in [0.25, 0.3) is 0 Å². The zero-order chi connectivity index (χ0) is 20.0. The lowest BCUT2D eigenvalue weighted by molar-refractivity contribution is -0.136. The van der Waals surface area contributed by atoms with Crippen LogP contribution in [0.4, 0.5) is 5.69 Å². The molecule has 1 atom stereocenters. The third-order valence-electron chi connectivity index (χ3n) is 4.30. The Hall–Kier alpha value is -3.02. The topological polar surface area (TPSA) is 76.7 Å². The normalized spacial score (nSPS) is 11.6. The van der Waals surface area contributed by atoms with Crippen LogP contribution in [0.5, 0.6) is 11.5 Å². The van der Waals surface area contributed by atoms with Gasteiger partial charge in [-0.05, 0) is 48.2 Å². The number of anilines is 1. The maximum atomic E-state index is 12.2. The Bertz CT molecular complexity index is 800. The third-order valence-corrected chi connectivity index (χ3v) is 4.30. The summed E-state index contributed by atoms with van der Waals surface area (Å²) < 4.78 is 10.5. The van der Waals surface area contributed by atoms with Crippen molar-refractivity contribution >= 4 is 17.5 Å². The van der Waals surface area contributed by atoms with E-state index in [9.17, 15) is 9.59 Å². The number of hydrogen-bond donors (Lipinski definition) is 2. The van der Waals surface area contributed by atoms with Crippen LogP contribution in [0.25, 0.3) is 0 Å². The zero-order valence-electron chi connectivity index (χ0n) is 16.3. The molecule has 2 rings (SSSR count). The molecule has 2 aromatic carbocycles. The summed E-state index contributed by atoms with van der Waals surface area (Å²) in [5.74, 6) is 0.151. The molecule has 0 aliphatic rings. The summed E-state index contributed by atoms with van der Waals surface area (Å²) in [7, 11) is 3.10. The molecule has 0 aliphatic carbocycles. The van der Waals surface area contributed by atoms with Gasteiger partial charge in [0.1, 0.15) is 0 Å². The summed E-state index contributed by atoms with van der Waals surface area (Å²) in [6, 6.07) is 12.4. The number of nitrogens with one attached hydrogen (secondary N) is 2.